The third kappa shape index (κ3) is 4.75. The van der Waals surface area contributed by atoms with Gasteiger partial charge >= 0.3 is 0 Å². The Morgan fingerprint density at radius 2 is 1.67 bits per heavy atom. The first-order valence-electron chi connectivity index (χ1n) is 11.9. The number of hydrogen-bond donors (Lipinski definition) is 0. The van der Waals surface area contributed by atoms with E-state index in [4.69, 9.17) is 38.3 Å². The van der Waals surface area contributed by atoms with Gasteiger partial charge in [-0.25, -0.2) is 19.0 Å². The number of fused-ring (bicyclic) bond motifs is 1. The Kier molecular flexibility index (Phi) is 6.81. The van der Waals surface area contributed by atoms with Crippen molar-refractivity contribution in [3.8, 4) is 5.69 Å². The first kappa shape index (κ1) is 24.5. The quantitative estimate of drug-likeness (QED) is 0.344. The number of halogens is 3. The fourth-order valence-corrected chi connectivity index (χ4v) is 5.04. The van der Waals surface area contributed by atoms with Gasteiger partial charge in [-0.15, -0.1) is 0 Å². The Labute approximate surface area is 218 Å². The highest BCUT2D eigenvalue weighted by Gasteiger charge is 2.27. The summed E-state index contributed by atoms with van der Waals surface area (Å²) in [6.07, 6.45) is 1.63. The summed E-state index contributed by atoms with van der Waals surface area (Å²) in [5, 5.41) is 6.45. The number of amides is 1. The topological polar surface area (TPSA) is 67.2 Å². The molecule has 0 N–H and O–H groups in total. The van der Waals surface area contributed by atoms with Crippen LogP contribution >= 0.6 is 23.2 Å². The zero-order valence-electron chi connectivity index (χ0n) is 20.0. The molecule has 2 aromatic heterocycles. The van der Waals surface area contributed by atoms with Crippen molar-refractivity contribution < 1.29 is 9.18 Å². The molecule has 0 unspecified atom stereocenters. The standard InChI is InChI=1S/C26H25Cl2FN6O/c1-3-4-22-30-24(23-16(2)32-35(25(23)31-22)21-7-5-20(29)6-8-21)33-9-11-34(12-10-33)26(36)17-13-18(27)15-19(28)14-17/h5-8,13-15H,3-4,9-12H2,1-2H3. The van der Waals surface area contributed by atoms with Crippen molar-refractivity contribution in [1.82, 2.24) is 24.6 Å². The SMILES string of the molecule is CCCc1nc(N2CCN(C(=O)c3cc(Cl)cc(Cl)c3)CC2)c2c(C)nn(-c3ccc(F)cc3)c2n1. The lowest BCUT2D eigenvalue weighted by molar-refractivity contribution is 0.0746. The van der Waals surface area contributed by atoms with Crippen LogP contribution in [0, 0.1) is 12.7 Å². The maximum Gasteiger partial charge on any atom is 0.254 e. The van der Waals surface area contributed by atoms with E-state index in [1.165, 1.54) is 12.1 Å². The second-order valence-corrected chi connectivity index (χ2v) is 9.70. The van der Waals surface area contributed by atoms with Gasteiger partial charge < -0.3 is 9.80 Å². The molecule has 0 radical (unpaired) electrons. The first-order valence-corrected chi connectivity index (χ1v) is 12.6. The normalized spacial score (nSPS) is 14.0. The molecule has 0 atom stereocenters. The summed E-state index contributed by atoms with van der Waals surface area (Å²) in [7, 11) is 0. The van der Waals surface area contributed by atoms with Crippen LogP contribution in [0.3, 0.4) is 0 Å². The van der Waals surface area contributed by atoms with Crippen molar-refractivity contribution in [2.45, 2.75) is 26.7 Å². The number of aryl methyl sites for hydroxylation is 2. The van der Waals surface area contributed by atoms with Crippen molar-refractivity contribution >= 4 is 46.0 Å². The molecule has 186 valence electrons. The summed E-state index contributed by atoms with van der Waals surface area (Å²) in [5.41, 5.74) is 2.70. The van der Waals surface area contributed by atoms with E-state index < -0.39 is 0 Å². The van der Waals surface area contributed by atoms with Gasteiger partial charge in [0.1, 0.15) is 17.5 Å². The van der Waals surface area contributed by atoms with Crippen molar-refractivity contribution in [3.05, 3.63) is 75.4 Å². The number of rotatable bonds is 5. The average Bonchev–Trinajstić information content (AvgIpc) is 3.19. The molecule has 1 saturated heterocycles. The minimum atomic E-state index is -0.304. The van der Waals surface area contributed by atoms with Crippen LogP contribution in [0.2, 0.25) is 10.0 Å². The molecule has 1 fully saturated rings. The van der Waals surface area contributed by atoms with Crippen LogP contribution in [-0.2, 0) is 6.42 Å². The summed E-state index contributed by atoms with van der Waals surface area (Å²) in [6.45, 7) is 6.29. The lowest BCUT2D eigenvalue weighted by Crippen LogP contribution is -2.49. The first-order chi connectivity index (χ1) is 17.3. The number of carbonyl (C=O) groups is 1. The molecule has 1 amide bonds. The Morgan fingerprint density at radius 1 is 1.00 bits per heavy atom. The van der Waals surface area contributed by atoms with Crippen LogP contribution in [-0.4, -0.2) is 56.7 Å². The number of hydrogen-bond acceptors (Lipinski definition) is 5. The molecule has 5 rings (SSSR count). The number of anilines is 1. The summed E-state index contributed by atoms with van der Waals surface area (Å²) in [6, 6.07) is 11.1. The Morgan fingerprint density at radius 3 is 2.31 bits per heavy atom. The van der Waals surface area contributed by atoms with E-state index in [1.54, 1.807) is 39.9 Å². The number of piperazine rings is 1. The van der Waals surface area contributed by atoms with Gasteiger partial charge in [-0.3, -0.25) is 4.79 Å². The van der Waals surface area contributed by atoms with E-state index >= 15 is 0 Å². The molecule has 0 aliphatic carbocycles. The second kappa shape index (κ2) is 10.0. The third-order valence-electron chi connectivity index (χ3n) is 6.25. The molecular weight excluding hydrogens is 502 g/mol. The van der Waals surface area contributed by atoms with Gasteiger partial charge in [0, 0.05) is 48.2 Å². The highest BCUT2D eigenvalue weighted by atomic mass is 35.5. The van der Waals surface area contributed by atoms with Gasteiger partial charge in [-0.2, -0.15) is 5.10 Å². The van der Waals surface area contributed by atoms with Crippen LogP contribution < -0.4 is 4.90 Å². The van der Waals surface area contributed by atoms with Gasteiger partial charge in [0.25, 0.3) is 5.91 Å². The lowest BCUT2D eigenvalue weighted by atomic mass is 10.1. The van der Waals surface area contributed by atoms with Crippen molar-refractivity contribution in [2.24, 2.45) is 0 Å². The van der Waals surface area contributed by atoms with Crippen LogP contribution in [0.1, 0.15) is 35.2 Å². The fraction of sp³-hybridized carbons (Fsp3) is 0.308. The van der Waals surface area contributed by atoms with E-state index in [0.717, 1.165) is 41.3 Å². The van der Waals surface area contributed by atoms with E-state index in [9.17, 15) is 9.18 Å². The molecule has 10 heteroatoms. The minimum Gasteiger partial charge on any atom is -0.352 e. The van der Waals surface area contributed by atoms with E-state index in [0.29, 0.717) is 47.4 Å². The summed E-state index contributed by atoms with van der Waals surface area (Å²) in [5.74, 6) is 1.14. The van der Waals surface area contributed by atoms with Gasteiger partial charge in [0.05, 0.1) is 16.8 Å². The smallest absolute Gasteiger partial charge is 0.254 e. The molecule has 3 heterocycles. The van der Waals surface area contributed by atoms with Gasteiger partial charge in [0.15, 0.2) is 5.65 Å². The largest absolute Gasteiger partial charge is 0.352 e. The number of aromatic nitrogens is 4. The van der Waals surface area contributed by atoms with Crippen molar-refractivity contribution in [1.29, 1.82) is 0 Å². The monoisotopic (exact) mass is 526 g/mol. The molecular formula is C26H25Cl2FN6O. The zero-order valence-corrected chi connectivity index (χ0v) is 21.5. The maximum absolute atomic E-state index is 13.5. The lowest BCUT2D eigenvalue weighted by Gasteiger charge is -2.36. The zero-order chi connectivity index (χ0) is 25.4. The molecule has 36 heavy (non-hydrogen) atoms. The van der Waals surface area contributed by atoms with Crippen LogP contribution in [0.5, 0.6) is 0 Å². The number of carbonyl (C=O) groups excluding carboxylic acids is 1. The summed E-state index contributed by atoms with van der Waals surface area (Å²) in [4.78, 5) is 26.8. The fourth-order valence-electron chi connectivity index (χ4n) is 4.51. The molecule has 1 aliphatic heterocycles. The Bertz CT molecular complexity index is 1410. The molecule has 0 bridgehead atoms. The summed E-state index contributed by atoms with van der Waals surface area (Å²) < 4.78 is 15.3. The molecule has 4 aromatic rings. The van der Waals surface area contributed by atoms with Gasteiger partial charge in [-0.1, -0.05) is 30.1 Å². The van der Waals surface area contributed by atoms with Crippen molar-refractivity contribution in [2.75, 3.05) is 31.1 Å². The molecule has 0 saturated carbocycles. The minimum absolute atomic E-state index is 0.0983. The van der Waals surface area contributed by atoms with Crippen LogP contribution in [0.15, 0.2) is 42.5 Å². The van der Waals surface area contributed by atoms with Crippen molar-refractivity contribution in [3.63, 3.8) is 0 Å². The predicted molar refractivity (Wildman–Crippen MR) is 140 cm³/mol. The van der Waals surface area contributed by atoms with Crippen LogP contribution in [0.4, 0.5) is 10.2 Å². The predicted octanol–water partition coefficient (Wildman–Crippen LogP) is 5.48. The Balaban J connectivity index is 1.46. The highest BCUT2D eigenvalue weighted by molar-refractivity contribution is 6.35. The maximum atomic E-state index is 13.5. The van der Waals surface area contributed by atoms with Gasteiger partial charge in [0.2, 0.25) is 0 Å². The molecule has 1 aliphatic rings. The van der Waals surface area contributed by atoms with E-state index in [2.05, 4.69) is 11.8 Å². The highest BCUT2D eigenvalue weighted by Crippen LogP contribution is 2.30. The molecule has 7 nitrogen and oxygen atoms in total. The van der Waals surface area contributed by atoms with E-state index in [-0.39, 0.29) is 11.7 Å². The Hall–Kier alpha value is -3.23. The number of nitrogens with zero attached hydrogens (tertiary/aromatic N) is 6. The second-order valence-electron chi connectivity index (χ2n) is 8.82. The van der Waals surface area contributed by atoms with Crippen LogP contribution in [0.25, 0.3) is 16.7 Å². The average molecular weight is 527 g/mol. The number of benzene rings is 2. The summed E-state index contributed by atoms with van der Waals surface area (Å²) >= 11 is 12.2. The van der Waals surface area contributed by atoms with Gasteiger partial charge in [-0.05, 0) is 55.8 Å². The third-order valence-corrected chi connectivity index (χ3v) is 6.69. The molecule has 2 aromatic carbocycles. The van der Waals surface area contributed by atoms with E-state index in [1.807, 2.05) is 6.92 Å². The molecule has 0 spiro atoms.